The zero-order valence-electron chi connectivity index (χ0n) is 18.5. The molecule has 172 valence electrons. The fourth-order valence-electron chi connectivity index (χ4n) is 5.19. The maximum atomic E-state index is 13.1. The minimum absolute atomic E-state index is 0.0442. The average Bonchev–Trinajstić information content (AvgIpc) is 3.54. The van der Waals surface area contributed by atoms with Gasteiger partial charge in [0.1, 0.15) is 0 Å². The Balaban J connectivity index is 1.19. The number of aromatic nitrogens is 1. The molecule has 0 bridgehead atoms. The minimum atomic E-state index is -3.53. The SMILES string of the molecule is Cc1cc(C2CCCN2CC(=O)N2CCN(S(=O)(=O)c3ccc4c(c3)CCC4)CC2)on1. The molecule has 1 unspecified atom stereocenters. The largest absolute Gasteiger partial charge is 0.359 e. The number of fused-ring (bicyclic) bond motifs is 1. The Hall–Kier alpha value is -2.23. The molecule has 2 aliphatic heterocycles. The van der Waals surface area contributed by atoms with Gasteiger partial charge in [-0.1, -0.05) is 11.2 Å². The number of sulfonamides is 1. The average molecular weight is 459 g/mol. The molecule has 1 aromatic carbocycles. The van der Waals surface area contributed by atoms with Crippen molar-refractivity contribution in [3.8, 4) is 0 Å². The first-order valence-corrected chi connectivity index (χ1v) is 12.9. The molecule has 3 heterocycles. The van der Waals surface area contributed by atoms with E-state index in [-0.39, 0.29) is 11.9 Å². The molecule has 8 nitrogen and oxygen atoms in total. The van der Waals surface area contributed by atoms with Crippen LogP contribution in [0.4, 0.5) is 0 Å². The maximum Gasteiger partial charge on any atom is 0.243 e. The molecular weight excluding hydrogens is 428 g/mol. The second-order valence-electron chi connectivity index (χ2n) is 9.07. The molecule has 5 rings (SSSR count). The highest BCUT2D eigenvalue weighted by molar-refractivity contribution is 7.89. The van der Waals surface area contributed by atoms with Crippen LogP contribution in [0.2, 0.25) is 0 Å². The number of hydrogen-bond acceptors (Lipinski definition) is 6. The molecule has 0 spiro atoms. The fraction of sp³-hybridized carbons (Fsp3) is 0.565. The Labute approximate surface area is 189 Å². The van der Waals surface area contributed by atoms with Crippen molar-refractivity contribution < 1.29 is 17.7 Å². The van der Waals surface area contributed by atoms with Gasteiger partial charge in [0.25, 0.3) is 0 Å². The number of rotatable bonds is 5. The van der Waals surface area contributed by atoms with Crippen molar-refractivity contribution in [2.75, 3.05) is 39.3 Å². The van der Waals surface area contributed by atoms with Crippen LogP contribution in [-0.2, 0) is 27.7 Å². The van der Waals surface area contributed by atoms with Gasteiger partial charge in [-0.15, -0.1) is 0 Å². The Morgan fingerprint density at radius 1 is 1.06 bits per heavy atom. The van der Waals surface area contributed by atoms with Gasteiger partial charge >= 0.3 is 0 Å². The highest BCUT2D eigenvalue weighted by atomic mass is 32.2. The molecule has 0 saturated carbocycles. The van der Waals surface area contributed by atoms with Gasteiger partial charge in [-0.25, -0.2) is 8.42 Å². The van der Waals surface area contributed by atoms with E-state index in [0.717, 1.165) is 55.7 Å². The number of aryl methyl sites for hydroxylation is 3. The number of carbonyl (C=O) groups excluding carboxylic acids is 1. The van der Waals surface area contributed by atoms with E-state index in [2.05, 4.69) is 10.1 Å². The van der Waals surface area contributed by atoms with Gasteiger partial charge in [0.2, 0.25) is 15.9 Å². The molecule has 0 radical (unpaired) electrons. The summed E-state index contributed by atoms with van der Waals surface area (Å²) in [6, 6.07) is 7.55. The summed E-state index contributed by atoms with van der Waals surface area (Å²) in [5, 5.41) is 3.98. The molecule has 2 saturated heterocycles. The predicted molar refractivity (Wildman–Crippen MR) is 119 cm³/mol. The number of piperazine rings is 1. The number of hydrogen-bond donors (Lipinski definition) is 0. The van der Waals surface area contributed by atoms with Gasteiger partial charge in [0.05, 0.1) is 23.2 Å². The van der Waals surface area contributed by atoms with E-state index in [4.69, 9.17) is 4.52 Å². The Morgan fingerprint density at radius 3 is 2.59 bits per heavy atom. The van der Waals surface area contributed by atoms with Gasteiger partial charge in [0.15, 0.2) is 5.76 Å². The van der Waals surface area contributed by atoms with Crippen LogP contribution < -0.4 is 0 Å². The molecule has 1 atom stereocenters. The van der Waals surface area contributed by atoms with Crippen LogP contribution in [0.5, 0.6) is 0 Å². The lowest BCUT2D eigenvalue weighted by Crippen LogP contribution is -2.52. The summed E-state index contributed by atoms with van der Waals surface area (Å²) in [5.41, 5.74) is 3.26. The second-order valence-corrected chi connectivity index (χ2v) is 11.0. The monoisotopic (exact) mass is 458 g/mol. The number of amides is 1. The van der Waals surface area contributed by atoms with Crippen molar-refractivity contribution in [3.63, 3.8) is 0 Å². The first-order valence-electron chi connectivity index (χ1n) is 11.5. The molecule has 3 aliphatic rings. The second kappa shape index (κ2) is 8.61. The third-order valence-corrected chi connectivity index (χ3v) is 8.87. The first-order chi connectivity index (χ1) is 15.4. The zero-order valence-corrected chi connectivity index (χ0v) is 19.3. The van der Waals surface area contributed by atoms with E-state index in [9.17, 15) is 13.2 Å². The van der Waals surface area contributed by atoms with Crippen molar-refractivity contribution in [1.82, 2.24) is 19.3 Å². The van der Waals surface area contributed by atoms with Crippen molar-refractivity contribution in [1.29, 1.82) is 0 Å². The van der Waals surface area contributed by atoms with Crippen LogP contribution in [-0.4, -0.2) is 72.9 Å². The molecule has 1 amide bonds. The van der Waals surface area contributed by atoms with Crippen molar-refractivity contribution in [3.05, 3.63) is 46.8 Å². The van der Waals surface area contributed by atoms with Crippen LogP contribution in [0.25, 0.3) is 0 Å². The predicted octanol–water partition coefficient (Wildman–Crippen LogP) is 2.14. The fourth-order valence-corrected chi connectivity index (χ4v) is 6.66. The van der Waals surface area contributed by atoms with Crippen LogP contribution in [0.1, 0.15) is 47.9 Å². The molecule has 1 aromatic heterocycles. The topological polar surface area (TPSA) is 87.0 Å². The summed E-state index contributed by atoms with van der Waals surface area (Å²) in [5.74, 6) is 0.862. The summed E-state index contributed by atoms with van der Waals surface area (Å²) >= 11 is 0. The van der Waals surface area contributed by atoms with E-state index < -0.39 is 10.0 Å². The Bertz CT molecular complexity index is 1100. The van der Waals surface area contributed by atoms with E-state index >= 15 is 0 Å². The van der Waals surface area contributed by atoms with Gasteiger partial charge in [-0.05, 0) is 68.8 Å². The summed E-state index contributed by atoms with van der Waals surface area (Å²) in [6.07, 6.45) is 5.04. The number of nitrogens with zero attached hydrogens (tertiary/aromatic N) is 4. The summed E-state index contributed by atoms with van der Waals surface area (Å²) in [4.78, 5) is 17.3. The normalized spacial score (nSPS) is 22.4. The van der Waals surface area contributed by atoms with E-state index in [1.165, 1.54) is 9.87 Å². The molecule has 2 aromatic rings. The Morgan fingerprint density at radius 2 is 1.84 bits per heavy atom. The highest BCUT2D eigenvalue weighted by Gasteiger charge is 2.34. The van der Waals surface area contributed by atoms with Crippen LogP contribution in [0.3, 0.4) is 0 Å². The number of likely N-dealkylation sites (tertiary alicyclic amines) is 1. The van der Waals surface area contributed by atoms with Gasteiger partial charge in [-0.2, -0.15) is 4.31 Å². The maximum absolute atomic E-state index is 13.1. The van der Waals surface area contributed by atoms with Crippen molar-refractivity contribution in [2.45, 2.75) is 50.0 Å². The van der Waals surface area contributed by atoms with Crippen LogP contribution >= 0.6 is 0 Å². The van der Waals surface area contributed by atoms with Gasteiger partial charge < -0.3 is 9.42 Å². The van der Waals surface area contributed by atoms with E-state index in [1.54, 1.807) is 11.0 Å². The lowest BCUT2D eigenvalue weighted by Gasteiger charge is -2.35. The summed E-state index contributed by atoms with van der Waals surface area (Å²) < 4.78 is 33.2. The third-order valence-electron chi connectivity index (χ3n) is 6.98. The van der Waals surface area contributed by atoms with Crippen LogP contribution in [0, 0.1) is 6.92 Å². The standard InChI is InChI=1S/C23H30N4O4S/c1-17-14-22(31-24-17)21-6-3-9-26(21)16-23(28)25-10-12-27(13-11-25)32(29,30)20-8-7-18-4-2-5-19(18)15-20/h7-8,14-15,21H,2-6,9-13,16H2,1H3. The molecule has 0 N–H and O–H groups in total. The molecule has 1 aliphatic carbocycles. The molecular formula is C23H30N4O4S. The van der Waals surface area contributed by atoms with Gasteiger partial charge in [-0.3, -0.25) is 9.69 Å². The third kappa shape index (κ3) is 4.09. The van der Waals surface area contributed by atoms with Crippen molar-refractivity contribution in [2.24, 2.45) is 0 Å². The number of carbonyl (C=O) groups is 1. The highest BCUT2D eigenvalue weighted by Crippen LogP contribution is 2.32. The molecule has 9 heteroatoms. The smallest absolute Gasteiger partial charge is 0.243 e. The van der Waals surface area contributed by atoms with Crippen LogP contribution in [0.15, 0.2) is 33.7 Å². The molecule has 32 heavy (non-hydrogen) atoms. The molecule has 2 fully saturated rings. The lowest BCUT2D eigenvalue weighted by atomic mass is 10.1. The Kier molecular flexibility index (Phi) is 5.81. The lowest BCUT2D eigenvalue weighted by molar-refractivity contribution is -0.133. The number of benzene rings is 1. The summed E-state index contributed by atoms with van der Waals surface area (Å²) in [7, 11) is -3.53. The quantitative estimate of drug-likeness (QED) is 0.682. The first kappa shape index (κ1) is 21.6. The minimum Gasteiger partial charge on any atom is -0.359 e. The van der Waals surface area contributed by atoms with E-state index in [0.29, 0.717) is 37.6 Å². The van der Waals surface area contributed by atoms with E-state index in [1.807, 2.05) is 25.1 Å². The van der Waals surface area contributed by atoms with Crippen molar-refractivity contribution >= 4 is 15.9 Å². The van der Waals surface area contributed by atoms with Gasteiger partial charge in [0, 0.05) is 32.2 Å². The summed E-state index contributed by atoms with van der Waals surface area (Å²) in [6.45, 7) is 4.57. The zero-order chi connectivity index (χ0) is 22.3.